The van der Waals surface area contributed by atoms with Crippen LogP contribution in [-0.4, -0.2) is 44.2 Å². The van der Waals surface area contributed by atoms with Gasteiger partial charge in [-0.2, -0.15) is 0 Å². The van der Waals surface area contributed by atoms with Crippen molar-refractivity contribution >= 4 is 43.5 Å². The molecule has 0 saturated heterocycles. The Morgan fingerprint density at radius 2 is 1.73 bits per heavy atom. The quantitative estimate of drug-likeness (QED) is 0.249. The lowest BCUT2D eigenvalue weighted by Crippen LogP contribution is -2.25. The number of nitrogens with zero attached hydrogens (tertiary/aromatic N) is 3. The monoisotopic (exact) mass is 614 g/mol. The molecule has 222 valence electrons. The molecule has 0 spiro atoms. The lowest BCUT2D eigenvalue weighted by atomic mass is 9.98. The van der Waals surface area contributed by atoms with Gasteiger partial charge in [0.15, 0.2) is 6.73 Å². The number of rotatable bonds is 5. The van der Waals surface area contributed by atoms with E-state index in [2.05, 4.69) is 10.3 Å². The molecule has 0 bridgehead atoms. The zero-order chi connectivity index (χ0) is 30.9. The second-order valence-electron chi connectivity index (χ2n) is 10.5. The van der Waals surface area contributed by atoms with E-state index in [0.29, 0.717) is 38.9 Å². The molecule has 9 nitrogen and oxygen atoms in total. The lowest BCUT2D eigenvalue weighted by molar-refractivity contribution is 0.0964. The third kappa shape index (κ3) is 4.37. The third-order valence-electron chi connectivity index (χ3n) is 7.84. The highest BCUT2D eigenvalue weighted by Gasteiger charge is 2.28. The molecule has 0 unspecified atom stereocenters. The van der Waals surface area contributed by atoms with Crippen LogP contribution in [0.25, 0.3) is 55.6 Å². The second-order valence-corrected chi connectivity index (χ2v) is 12.5. The van der Waals surface area contributed by atoms with Crippen LogP contribution in [0.15, 0.2) is 77.3 Å². The van der Waals surface area contributed by atoms with Crippen LogP contribution in [0.2, 0.25) is 0 Å². The lowest BCUT2D eigenvalue weighted by Gasteiger charge is -2.23. The molecule has 1 aliphatic heterocycles. The predicted molar refractivity (Wildman–Crippen MR) is 163 cm³/mol. The minimum Gasteiger partial charge on any atom is -0.455 e. The number of fused-ring (bicyclic) bond motifs is 6. The Morgan fingerprint density at radius 3 is 2.45 bits per heavy atom. The van der Waals surface area contributed by atoms with Gasteiger partial charge in [-0.05, 0) is 60.7 Å². The first kappa shape index (κ1) is 27.6. The van der Waals surface area contributed by atoms with Gasteiger partial charge >= 0.3 is 0 Å². The fraction of sp³-hybridized carbons (Fsp3) is 0.125. The van der Waals surface area contributed by atoms with E-state index < -0.39 is 21.7 Å². The van der Waals surface area contributed by atoms with E-state index in [1.165, 1.54) is 50.5 Å². The molecule has 0 atom stereocenters. The Hall–Kier alpha value is -5.23. The van der Waals surface area contributed by atoms with Crippen molar-refractivity contribution in [1.29, 1.82) is 0 Å². The Kier molecular flexibility index (Phi) is 6.22. The van der Waals surface area contributed by atoms with Gasteiger partial charge in [0, 0.05) is 53.8 Å². The van der Waals surface area contributed by atoms with Crippen molar-refractivity contribution < 1.29 is 31.1 Å². The number of aromatic nitrogens is 2. The number of ether oxygens (including phenoxy) is 1. The SMILES string of the molecule is CNC(=O)c1c(-c2ccc(F)cc2)oc2cc(N(C)S(C)(=O)=O)c(-c3cnc4c(c3)-c3cc5cc(F)ccc5n3CO4)cc12. The van der Waals surface area contributed by atoms with Crippen LogP contribution in [0.1, 0.15) is 10.4 Å². The minimum atomic E-state index is -3.74. The minimum absolute atomic E-state index is 0.189. The normalized spacial score (nSPS) is 12.6. The van der Waals surface area contributed by atoms with Crippen molar-refractivity contribution in [2.24, 2.45) is 0 Å². The number of hydrogen-bond acceptors (Lipinski definition) is 6. The van der Waals surface area contributed by atoms with Crippen LogP contribution in [-0.2, 0) is 16.8 Å². The maximum atomic E-state index is 14.0. The molecular formula is C32H24F2N4O5S. The molecule has 1 aliphatic rings. The number of anilines is 1. The van der Waals surface area contributed by atoms with Crippen LogP contribution >= 0.6 is 0 Å². The second kappa shape index (κ2) is 9.91. The molecule has 0 radical (unpaired) electrons. The van der Waals surface area contributed by atoms with Crippen LogP contribution in [0.5, 0.6) is 5.88 Å². The highest BCUT2D eigenvalue weighted by Crippen LogP contribution is 2.44. The van der Waals surface area contributed by atoms with Crippen molar-refractivity contribution in [2.45, 2.75) is 6.73 Å². The summed E-state index contributed by atoms with van der Waals surface area (Å²) in [6.45, 7) is 0.189. The number of sulfonamides is 1. The number of halogens is 2. The molecule has 1 N–H and O–H groups in total. The number of nitrogens with one attached hydrogen (secondary N) is 1. The first-order valence-corrected chi connectivity index (χ1v) is 15.3. The van der Waals surface area contributed by atoms with Crippen molar-refractivity contribution in [3.8, 4) is 39.6 Å². The summed E-state index contributed by atoms with van der Waals surface area (Å²) in [6.07, 6.45) is 2.65. The van der Waals surface area contributed by atoms with Gasteiger partial charge in [-0.15, -0.1) is 0 Å². The molecule has 7 rings (SSSR count). The standard InChI is InChI=1S/C32H24F2N4O5S/c1-35-31(39)29-24-13-22(26(37(2)44(3,40)41)14-28(24)43-30(29)17-4-6-20(33)7-5-17)19-11-23-27-12-18-10-21(34)8-9-25(18)38(27)16-42-32(23)36-15-19/h4-15H,16H2,1-3H3,(H,35,39). The van der Waals surface area contributed by atoms with Gasteiger partial charge in [-0.3, -0.25) is 9.10 Å². The van der Waals surface area contributed by atoms with Gasteiger partial charge in [0.05, 0.1) is 34.3 Å². The Balaban J connectivity index is 1.49. The molecule has 0 aliphatic carbocycles. The molecule has 0 fully saturated rings. The van der Waals surface area contributed by atoms with Crippen LogP contribution in [0.3, 0.4) is 0 Å². The first-order chi connectivity index (χ1) is 21.0. The van der Waals surface area contributed by atoms with E-state index >= 15 is 0 Å². The maximum Gasteiger partial charge on any atom is 0.255 e. The fourth-order valence-electron chi connectivity index (χ4n) is 5.59. The average molecular weight is 615 g/mol. The summed E-state index contributed by atoms with van der Waals surface area (Å²) in [7, 11) is -0.829. The molecule has 4 heterocycles. The van der Waals surface area contributed by atoms with Crippen LogP contribution in [0, 0.1) is 11.6 Å². The summed E-state index contributed by atoms with van der Waals surface area (Å²) < 4.78 is 68.4. The van der Waals surface area contributed by atoms with Gasteiger partial charge in [-0.1, -0.05) is 0 Å². The Labute approximate surface area is 250 Å². The summed E-state index contributed by atoms with van der Waals surface area (Å²) in [5.74, 6) is -0.664. The van der Waals surface area contributed by atoms with E-state index in [1.807, 2.05) is 16.7 Å². The van der Waals surface area contributed by atoms with Gasteiger partial charge < -0.3 is 19.0 Å². The van der Waals surface area contributed by atoms with E-state index in [-0.39, 0.29) is 35.1 Å². The average Bonchev–Trinajstić information content (AvgIpc) is 3.57. The van der Waals surface area contributed by atoms with Crippen molar-refractivity contribution in [2.75, 3.05) is 24.7 Å². The Morgan fingerprint density at radius 1 is 0.977 bits per heavy atom. The summed E-state index contributed by atoms with van der Waals surface area (Å²) in [5.41, 5.74) is 4.39. The molecule has 44 heavy (non-hydrogen) atoms. The maximum absolute atomic E-state index is 14.0. The zero-order valence-corrected chi connectivity index (χ0v) is 24.5. The molecular weight excluding hydrogens is 590 g/mol. The smallest absolute Gasteiger partial charge is 0.255 e. The predicted octanol–water partition coefficient (Wildman–Crippen LogP) is 6.17. The number of pyridine rings is 1. The van der Waals surface area contributed by atoms with Gasteiger partial charge in [0.25, 0.3) is 5.91 Å². The van der Waals surface area contributed by atoms with E-state index in [0.717, 1.165) is 21.8 Å². The number of hydrogen-bond donors (Lipinski definition) is 1. The van der Waals surface area contributed by atoms with Crippen molar-refractivity contribution in [3.63, 3.8) is 0 Å². The van der Waals surface area contributed by atoms with Gasteiger partial charge in [0.2, 0.25) is 15.9 Å². The van der Waals surface area contributed by atoms with Gasteiger partial charge in [-0.25, -0.2) is 22.2 Å². The number of carbonyl (C=O) groups excluding carboxylic acids is 1. The largest absolute Gasteiger partial charge is 0.455 e. The summed E-state index contributed by atoms with van der Waals surface area (Å²) >= 11 is 0. The van der Waals surface area contributed by atoms with Crippen molar-refractivity contribution in [3.05, 3.63) is 90.1 Å². The van der Waals surface area contributed by atoms with Crippen LogP contribution in [0.4, 0.5) is 14.5 Å². The highest BCUT2D eigenvalue weighted by molar-refractivity contribution is 7.92. The first-order valence-electron chi connectivity index (χ1n) is 13.5. The molecule has 0 saturated carbocycles. The topological polar surface area (TPSA) is 107 Å². The number of benzene rings is 3. The Bertz CT molecular complexity index is 2260. The molecule has 1 amide bonds. The molecule has 12 heteroatoms. The molecule has 6 aromatic rings. The number of amides is 1. The van der Waals surface area contributed by atoms with E-state index in [9.17, 15) is 22.0 Å². The van der Waals surface area contributed by atoms with Crippen LogP contribution < -0.4 is 14.4 Å². The number of carbonyl (C=O) groups is 1. The zero-order valence-electron chi connectivity index (χ0n) is 23.7. The highest BCUT2D eigenvalue weighted by atomic mass is 32.2. The van der Waals surface area contributed by atoms with E-state index in [4.69, 9.17) is 9.15 Å². The van der Waals surface area contributed by atoms with E-state index in [1.54, 1.807) is 24.4 Å². The third-order valence-corrected chi connectivity index (χ3v) is 9.03. The summed E-state index contributed by atoms with van der Waals surface area (Å²) in [4.78, 5) is 17.7. The fourth-order valence-corrected chi connectivity index (χ4v) is 6.09. The molecule has 3 aromatic heterocycles. The number of furan rings is 1. The summed E-state index contributed by atoms with van der Waals surface area (Å²) in [6, 6.07) is 17.0. The van der Waals surface area contributed by atoms with Gasteiger partial charge in [0.1, 0.15) is 23.0 Å². The summed E-state index contributed by atoms with van der Waals surface area (Å²) in [5, 5.41) is 3.75. The molecule has 3 aromatic carbocycles. The van der Waals surface area contributed by atoms with Crippen molar-refractivity contribution in [1.82, 2.24) is 14.9 Å².